The van der Waals surface area contributed by atoms with E-state index in [1.165, 1.54) is 12.5 Å². The minimum Gasteiger partial charge on any atom is -0.386 e. The molecule has 0 radical (unpaired) electrons. The number of β-amino-alcohol motifs (C(OH)–C–C–N with tert-alkyl or cyclic N) is 1. The molecule has 0 spiro atoms. The molecule has 2 aromatic heterocycles. The zero-order valence-electron chi connectivity index (χ0n) is 13.5. The van der Waals surface area contributed by atoms with Gasteiger partial charge in [-0.15, -0.1) is 0 Å². The van der Waals surface area contributed by atoms with Crippen LogP contribution in [0.2, 0.25) is 0 Å². The molecule has 126 valence electrons. The Kier molecular flexibility index (Phi) is 4.66. The molecule has 0 aromatic carbocycles. The van der Waals surface area contributed by atoms with Gasteiger partial charge in [0.05, 0.1) is 23.1 Å². The maximum atomic E-state index is 12.3. The quantitative estimate of drug-likeness (QED) is 0.834. The zero-order valence-corrected chi connectivity index (χ0v) is 13.5. The number of nitrogens with zero attached hydrogens (tertiary/aromatic N) is 5. The van der Waals surface area contributed by atoms with Gasteiger partial charge in [0.15, 0.2) is 0 Å². The molecule has 3 rings (SSSR count). The van der Waals surface area contributed by atoms with E-state index in [1.54, 1.807) is 25.5 Å². The van der Waals surface area contributed by atoms with Gasteiger partial charge in [-0.3, -0.25) is 9.78 Å². The van der Waals surface area contributed by atoms with Gasteiger partial charge in [-0.2, -0.15) is 0 Å². The van der Waals surface area contributed by atoms with Crippen molar-refractivity contribution in [1.82, 2.24) is 25.3 Å². The molecule has 1 atom stereocenters. The van der Waals surface area contributed by atoms with Gasteiger partial charge in [0.25, 0.3) is 5.91 Å². The van der Waals surface area contributed by atoms with Crippen LogP contribution >= 0.6 is 0 Å². The van der Waals surface area contributed by atoms with Crippen molar-refractivity contribution in [3.63, 3.8) is 0 Å². The number of amides is 1. The van der Waals surface area contributed by atoms with Crippen LogP contribution in [0.4, 0.5) is 5.82 Å². The molecule has 1 aliphatic rings. The van der Waals surface area contributed by atoms with E-state index in [0.29, 0.717) is 24.2 Å². The summed E-state index contributed by atoms with van der Waals surface area (Å²) in [6.07, 6.45) is 9.24. The second-order valence-corrected chi connectivity index (χ2v) is 6.02. The van der Waals surface area contributed by atoms with Gasteiger partial charge >= 0.3 is 0 Å². The number of rotatable bonds is 4. The maximum Gasteiger partial charge on any atom is 0.254 e. The molecule has 1 amide bonds. The average Bonchev–Trinajstić information content (AvgIpc) is 2.61. The van der Waals surface area contributed by atoms with E-state index < -0.39 is 5.60 Å². The Morgan fingerprint density at radius 1 is 1.33 bits per heavy atom. The lowest BCUT2D eigenvalue weighted by atomic mass is 9.92. The molecule has 8 nitrogen and oxygen atoms in total. The molecule has 1 saturated heterocycles. The molecule has 0 saturated carbocycles. The Morgan fingerprint density at radius 2 is 2.21 bits per heavy atom. The fourth-order valence-corrected chi connectivity index (χ4v) is 2.86. The first-order chi connectivity index (χ1) is 11.6. The summed E-state index contributed by atoms with van der Waals surface area (Å²) in [5.74, 6) is 0.451. The van der Waals surface area contributed by atoms with Crippen LogP contribution in [0.15, 0.2) is 31.1 Å². The van der Waals surface area contributed by atoms with Crippen molar-refractivity contribution in [3.8, 4) is 0 Å². The number of aryl methyl sites for hydroxylation is 1. The SMILES string of the molecule is Cc1ncncc1C(=O)NCC1(O)CCCN(c2cnccn2)C1. The molecular formula is C16H20N6O2. The van der Waals surface area contributed by atoms with Crippen LogP contribution in [0.3, 0.4) is 0 Å². The van der Waals surface area contributed by atoms with Crippen LogP contribution in [0, 0.1) is 6.92 Å². The maximum absolute atomic E-state index is 12.3. The second-order valence-electron chi connectivity index (χ2n) is 6.02. The van der Waals surface area contributed by atoms with Crippen LogP contribution < -0.4 is 10.2 Å². The number of aliphatic hydroxyl groups is 1. The first-order valence-electron chi connectivity index (χ1n) is 7.86. The van der Waals surface area contributed by atoms with Gasteiger partial charge in [-0.25, -0.2) is 15.0 Å². The number of nitrogens with one attached hydrogen (secondary N) is 1. The summed E-state index contributed by atoms with van der Waals surface area (Å²) in [6, 6.07) is 0. The van der Waals surface area contributed by atoms with Crippen LogP contribution in [0.1, 0.15) is 28.9 Å². The first-order valence-corrected chi connectivity index (χ1v) is 7.86. The van der Waals surface area contributed by atoms with Crippen molar-refractivity contribution < 1.29 is 9.90 Å². The van der Waals surface area contributed by atoms with Crippen molar-refractivity contribution in [2.45, 2.75) is 25.4 Å². The van der Waals surface area contributed by atoms with Crippen molar-refractivity contribution in [2.75, 3.05) is 24.5 Å². The van der Waals surface area contributed by atoms with Crippen LogP contribution in [0.5, 0.6) is 0 Å². The minimum absolute atomic E-state index is 0.164. The number of hydrogen-bond acceptors (Lipinski definition) is 7. The zero-order chi connectivity index (χ0) is 17.0. The number of carbonyl (C=O) groups excluding carboxylic acids is 1. The largest absolute Gasteiger partial charge is 0.386 e. The highest BCUT2D eigenvalue weighted by molar-refractivity contribution is 5.94. The number of anilines is 1. The molecule has 0 aliphatic carbocycles. The normalized spacial score (nSPS) is 20.7. The van der Waals surface area contributed by atoms with Gasteiger partial charge in [-0.1, -0.05) is 0 Å². The van der Waals surface area contributed by atoms with Crippen LogP contribution in [0.25, 0.3) is 0 Å². The van der Waals surface area contributed by atoms with Crippen molar-refractivity contribution in [3.05, 3.63) is 42.4 Å². The molecule has 24 heavy (non-hydrogen) atoms. The van der Waals surface area contributed by atoms with Gasteiger partial charge in [0.1, 0.15) is 12.1 Å². The monoisotopic (exact) mass is 328 g/mol. The summed E-state index contributed by atoms with van der Waals surface area (Å²) < 4.78 is 0. The average molecular weight is 328 g/mol. The van der Waals surface area contributed by atoms with E-state index in [9.17, 15) is 9.90 Å². The third-order valence-electron chi connectivity index (χ3n) is 4.16. The molecule has 2 aromatic rings. The van der Waals surface area contributed by atoms with Gasteiger partial charge in [0.2, 0.25) is 0 Å². The molecular weight excluding hydrogens is 308 g/mol. The highest BCUT2D eigenvalue weighted by atomic mass is 16.3. The van der Waals surface area contributed by atoms with Crippen LogP contribution in [-0.4, -0.2) is 56.2 Å². The number of carbonyl (C=O) groups is 1. The summed E-state index contributed by atoms with van der Waals surface area (Å²) in [5, 5.41) is 13.6. The molecule has 1 fully saturated rings. The Balaban J connectivity index is 1.64. The predicted molar refractivity (Wildman–Crippen MR) is 87.5 cm³/mol. The van der Waals surface area contributed by atoms with E-state index in [0.717, 1.165) is 18.8 Å². The first kappa shape index (κ1) is 16.3. The molecule has 3 heterocycles. The van der Waals surface area contributed by atoms with Crippen molar-refractivity contribution in [2.24, 2.45) is 0 Å². The van der Waals surface area contributed by atoms with Crippen LogP contribution in [-0.2, 0) is 0 Å². The molecule has 1 unspecified atom stereocenters. The summed E-state index contributed by atoms with van der Waals surface area (Å²) >= 11 is 0. The fourth-order valence-electron chi connectivity index (χ4n) is 2.86. The number of piperidine rings is 1. The van der Waals surface area contributed by atoms with E-state index in [4.69, 9.17) is 0 Å². The highest BCUT2D eigenvalue weighted by Gasteiger charge is 2.34. The summed E-state index contributed by atoms with van der Waals surface area (Å²) in [6.45, 7) is 3.12. The Hall–Kier alpha value is -2.61. The van der Waals surface area contributed by atoms with Crippen molar-refractivity contribution in [1.29, 1.82) is 0 Å². The summed E-state index contributed by atoms with van der Waals surface area (Å²) in [7, 11) is 0. The second kappa shape index (κ2) is 6.88. The molecule has 0 bridgehead atoms. The lowest BCUT2D eigenvalue weighted by Crippen LogP contribution is -2.54. The van der Waals surface area contributed by atoms with E-state index in [1.807, 2.05) is 4.90 Å². The van der Waals surface area contributed by atoms with Gasteiger partial charge < -0.3 is 15.3 Å². The Bertz CT molecular complexity index is 711. The lowest BCUT2D eigenvalue weighted by molar-refractivity contribution is 0.0254. The van der Waals surface area contributed by atoms with Gasteiger partial charge in [-0.05, 0) is 19.8 Å². The Morgan fingerprint density at radius 3 is 2.96 bits per heavy atom. The molecule has 1 aliphatic heterocycles. The lowest BCUT2D eigenvalue weighted by Gasteiger charge is -2.39. The standard InChI is InChI=1S/C16H20N6O2/c1-12-13(7-18-11-21-12)15(23)20-9-16(24)3-2-6-22(10-16)14-8-17-4-5-19-14/h4-5,7-8,11,24H,2-3,6,9-10H2,1H3,(H,20,23). The minimum atomic E-state index is -1.00. The molecule has 8 heteroatoms. The summed E-state index contributed by atoms with van der Waals surface area (Å²) in [5.41, 5.74) is 0.0247. The molecule has 2 N–H and O–H groups in total. The van der Waals surface area contributed by atoms with E-state index in [-0.39, 0.29) is 12.5 Å². The number of hydrogen-bond donors (Lipinski definition) is 2. The smallest absolute Gasteiger partial charge is 0.254 e. The van der Waals surface area contributed by atoms with Gasteiger partial charge in [0, 0.05) is 38.2 Å². The fraction of sp³-hybridized carbons (Fsp3) is 0.438. The van der Waals surface area contributed by atoms with E-state index in [2.05, 4.69) is 25.3 Å². The van der Waals surface area contributed by atoms with E-state index >= 15 is 0 Å². The number of aromatic nitrogens is 4. The Labute approximate surface area is 140 Å². The third-order valence-corrected chi connectivity index (χ3v) is 4.16. The highest BCUT2D eigenvalue weighted by Crippen LogP contribution is 2.24. The topological polar surface area (TPSA) is 104 Å². The van der Waals surface area contributed by atoms with Crippen molar-refractivity contribution >= 4 is 11.7 Å². The summed E-state index contributed by atoms with van der Waals surface area (Å²) in [4.78, 5) is 30.5. The predicted octanol–water partition coefficient (Wildman–Crippen LogP) is 0.336. The third kappa shape index (κ3) is 3.65.